The molecule has 0 aliphatic heterocycles. The molecule has 0 aliphatic carbocycles. The Kier molecular flexibility index (Phi) is 4.51. The predicted molar refractivity (Wildman–Crippen MR) is 85.7 cm³/mol. The van der Waals surface area contributed by atoms with E-state index in [0.717, 1.165) is 16.8 Å². The van der Waals surface area contributed by atoms with Gasteiger partial charge in [0.2, 0.25) is 0 Å². The maximum atomic E-state index is 12.0. The van der Waals surface area contributed by atoms with Crippen LogP contribution in [0.25, 0.3) is 0 Å². The molecule has 0 spiro atoms. The lowest BCUT2D eigenvalue weighted by molar-refractivity contribution is 0.0599. The van der Waals surface area contributed by atoms with Gasteiger partial charge in [0.25, 0.3) is 0 Å². The number of aliphatic hydroxyl groups is 1. The topological polar surface area (TPSA) is 79.2 Å². The third kappa shape index (κ3) is 3.85. The number of hydrogen-bond acceptors (Lipinski definition) is 3. The molecule has 0 radical (unpaired) electrons. The second-order valence-corrected chi connectivity index (χ2v) is 5.80. The number of aromatic nitrogens is 2. The summed E-state index contributed by atoms with van der Waals surface area (Å²) in [4.78, 5) is 12.0. The summed E-state index contributed by atoms with van der Waals surface area (Å²) in [5, 5.41) is 19.9. The summed E-state index contributed by atoms with van der Waals surface area (Å²) in [6.07, 6.45) is 3.31. The molecule has 6 heteroatoms. The summed E-state index contributed by atoms with van der Waals surface area (Å²) >= 11 is 0. The van der Waals surface area contributed by atoms with Crippen molar-refractivity contribution in [2.75, 3.05) is 11.9 Å². The first kappa shape index (κ1) is 16.0. The Morgan fingerprint density at radius 1 is 1.41 bits per heavy atom. The van der Waals surface area contributed by atoms with Crippen molar-refractivity contribution in [2.45, 2.75) is 26.4 Å². The van der Waals surface area contributed by atoms with Gasteiger partial charge in [0.05, 0.1) is 12.7 Å². The van der Waals surface area contributed by atoms with Gasteiger partial charge in [-0.25, -0.2) is 4.79 Å². The molecule has 2 amide bonds. The zero-order chi connectivity index (χ0) is 16.3. The Bertz CT molecular complexity index is 677. The molecule has 0 fully saturated rings. The quantitative estimate of drug-likeness (QED) is 0.809. The van der Waals surface area contributed by atoms with Crippen molar-refractivity contribution in [3.8, 4) is 0 Å². The zero-order valence-electron chi connectivity index (χ0n) is 13.3. The fourth-order valence-corrected chi connectivity index (χ4v) is 2.09. The normalized spacial score (nSPS) is 13.5. The minimum Gasteiger partial charge on any atom is -0.383 e. The molecule has 2 aromatic rings. The molecular weight excluding hydrogens is 280 g/mol. The molecule has 0 aliphatic rings. The second kappa shape index (κ2) is 6.19. The standard InChI is InChI=1S/C16H22N4O2/c1-11-5-6-12(2)14(7-11)19-15(21)17-10-16(3,22)13-8-18-20(4)9-13/h5-9,22H,10H2,1-4H3,(H2,17,19,21). The molecule has 2 rings (SSSR count). The molecule has 118 valence electrons. The van der Waals surface area contributed by atoms with E-state index in [1.165, 1.54) is 0 Å². The van der Waals surface area contributed by atoms with Crippen LogP contribution in [0.2, 0.25) is 0 Å². The van der Waals surface area contributed by atoms with E-state index in [-0.39, 0.29) is 12.6 Å². The van der Waals surface area contributed by atoms with Crippen molar-refractivity contribution in [1.29, 1.82) is 0 Å². The summed E-state index contributed by atoms with van der Waals surface area (Å²) in [7, 11) is 1.78. The van der Waals surface area contributed by atoms with Crippen LogP contribution >= 0.6 is 0 Å². The number of nitrogens with one attached hydrogen (secondary N) is 2. The van der Waals surface area contributed by atoms with Gasteiger partial charge in [-0.1, -0.05) is 12.1 Å². The average molecular weight is 302 g/mol. The van der Waals surface area contributed by atoms with Crippen LogP contribution in [-0.4, -0.2) is 27.5 Å². The van der Waals surface area contributed by atoms with Gasteiger partial charge in [0.15, 0.2) is 0 Å². The lowest BCUT2D eigenvalue weighted by Crippen LogP contribution is -2.40. The molecule has 0 bridgehead atoms. The van der Waals surface area contributed by atoms with E-state index < -0.39 is 5.60 Å². The molecule has 0 saturated heterocycles. The Labute approximate surface area is 130 Å². The highest BCUT2D eigenvalue weighted by molar-refractivity contribution is 5.90. The Morgan fingerprint density at radius 2 is 2.14 bits per heavy atom. The lowest BCUT2D eigenvalue weighted by Gasteiger charge is -2.22. The average Bonchev–Trinajstić information content (AvgIpc) is 2.88. The van der Waals surface area contributed by atoms with E-state index in [1.807, 2.05) is 32.0 Å². The molecule has 1 heterocycles. The van der Waals surface area contributed by atoms with Gasteiger partial charge in [0.1, 0.15) is 5.60 Å². The molecule has 1 unspecified atom stereocenters. The van der Waals surface area contributed by atoms with Crippen LogP contribution in [0.3, 0.4) is 0 Å². The highest BCUT2D eigenvalue weighted by atomic mass is 16.3. The molecule has 22 heavy (non-hydrogen) atoms. The number of amides is 2. The predicted octanol–water partition coefficient (Wildman–Crippen LogP) is 2.07. The maximum absolute atomic E-state index is 12.0. The number of anilines is 1. The smallest absolute Gasteiger partial charge is 0.319 e. The summed E-state index contributed by atoms with van der Waals surface area (Å²) < 4.78 is 1.61. The van der Waals surface area contributed by atoms with E-state index >= 15 is 0 Å². The third-order valence-electron chi connectivity index (χ3n) is 3.56. The SMILES string of the molecule is Cc1ccc(C)c(NC(=O)NCC(C)(O)c2cnn(C)c2)c1. The van der Waals surface area contributed by atoms with E-state index in [9.17, 15) is 9.90 Å². The lowest BCUT2D eigenvalue weighted by atomic mass is 10.00. The van der Waals surface area contributed by atoms with Crippen molar-refractivity contribution >= 4 is 11.7 Å². The van der Waals surface area contributed by atoms with Crippen molar-refractivity contribution in [3.63, 3.8) is 0 Å². The van der Waals surface area contributed by atoms with Crippen LogP contribution in [0.5, 0.6) is 0 Å². The first-order valence-electron chi connectivity index (χ1n) is 7.11. The Balaban J connectivity index is 1.96. The fraction of sp³-hybridized carbons (Fsp3) is 0.375. The third-order valence-corrected chi connectivity index (χ3v) is 3.56. The van der Waals surface area contributed by atoms with Crippen LogP contribution < -0.4 is 10.6 Å². The number of nitrogens with zero attached hydrogens (tertiary/aromatic N) is 2. The number of benzene rings is 1. The number of aryl methyl sites for hydroxylation is 3. The second-order valence-electron chi connectivity index (χ2n) is 5.80. The number of carbonyl (C=O) groups is 1. The monoisotopic (exact) mass is 302 g/mol. The van der Waals surface area contributed by atoms with Crippen molar-refractivity contribution in [1.82, 2.24) is 15.1 Å². The Hall–Kier alpha value is -2.34. The van der Waals surface area contributed by atoms with Crippen LogP contribution in [0.4, 0.5) is 10.5 Å². The fourth-order valence-electron chi connectivity index (χ4n) is 2.09. The zero-order valence-corrected chi connectivity index (χ0v) is 13.3. The van der Waals surface area contributed by atoms with E-state index in [2.05, 4.69) is 15.7 Å². The minimum absolute atomic E-state index is 0.0926. The highest BCUT2D eigenvalue weighted by Gasteiger charge is 2.25. The van der Waals surface area contributed by atoms with Gasteiger partial charge in [-0.05, 0) is 38.0 Å². The molecule has 6 nitrogen and oxygen atoms in total. The summed E-state index contributed by atoms with van der Waals surface area (Å²) in [5.41, 5.74) is 2.30. The minimum atomic E-state index is -1.17. The van der Waals surface area contributed by atoms with Crippen LogP contribution in [0.1, 0.15) is 23.6 Å². The van der Waals surface area contributed by atoms with Gasteiger partial charge in [0, 0.05) is 24.5 Å². The van der Waals surface area contributed by atoms with Gasteiger partial charge in [-0.15, -0.1) is 0 Å². The largest absolute Gasteiger partial charge is 0.383 e. The summed E-state index contributed by atoms with van der Waals surface area (Å²) in [6, 6.07) is 5.51. The van der Waals surface area contributed by atoms with Crippen molar-refractivity contribution in [3.05, 3.63) is 47.3 Å². The van der Waals surface area contributed by atoms with E-state index in [0.29, 0.717) is 5.56 Å². The molecule has 1 atom stereocenters. The number of rotatable bonds is 4. The first-order chi connectivity index (χ1) is 10.3. The summed E-state index contributed by atoms with van der Waals surface area (Å²) in [5.74, 6) is 0. The maximum Gasteiger partial charge on any atom is 0.319 e. The van der Waals surface area contributed by atoms with Gasteiger partial charge < -0.3 is 15.7 Å². The van der Waals surface area contributed by atoms with Crippen molar-refractivity contribution in [2.24, 2.45) is 7.05 Å². The molecule has 1 aromatic heterocycles. The van der Waals surface area contributed by atoms with E-state index in [4.69, 9.17) is 0 Å². The summed E-state index contributed by atoms with van der Waals surface area (Å²) in [6.45, 7) is 5.63. The number of hydrogen-bond donors (Lipinski definition) is 3. The van der Waals surface area contributed by atoms with Gasteiger partial charge in [-0.3, -0.25) is 4.68 Å². The van der Waals surface area contributed by atoms with Crippen molar-refractivity contribution < 1.29 is 9.90 Å². The molecule has 1 aromatic carbocycles. The first-order valence-corrected chi connectivity index (χ1v) is 7.11. The molecule has 3 N–H and O–H groups in total. The van der Waals surface area contributed by atoms with Gasteiger partial charge in [-0.2, -0.15) is 5.10 Å². The van der Waals surface area contributed by atoms with Crippen LogP contribution in [0, 0.1) is 13.8 Å². The van der Waals surface area contributed by atoms with E-state index in [1.54, 1.807) is 31.0 Å². The Morgan fingerprint density at radius 3 is 2.77 bits per heavy atom. The molecular formula is C16H22N4O2. The number of urea groups is 1. The van der Waals surface area contributed by atoms with Crippen LogP contribution in [0.15, 0.2) is 30.6 Å². The number of carbonyl (C=O) groups excluding carboxylic acids is 1. The van der Waals surface area contributed by atoms with Gasteiger partial charge >= 0.3 is 6.03 Å². The van der Waals surface area contributed by atoms with Crippen LogP contribution in [-0.2, 0) is 12.6 Å². The molecule has 0 saturated carbocycles. The highest BCUT2D eigenvalue weighted by Crippen LogP contribution is 2.19.